The van der Waals surface area contributed by atoms with E-state index in [2.05, 4.69) is 25.3 Å². The van der Waals surface area contributed by atoms with Crippen molar-refractivity contribution in [2.45, 2.75) is 13.8 Å². The van der Waals surface area contributed by atoms with Gasteiger partial charge in [-0.1, -0.05) is 11.6 Å². The standard InChI is InChI=1S/C17H14ClN5O/c1-10-13(8-21-17(18)14(10)9-24)12-3-5-20-16(7-12)23-15-4-6-19-11(2)22-15/h3-9H,1-2H3,(H,19,20,22,23). The van der Waals surface area contributed by atoms with Crippen LogP contribution in [0, 0.1) is 13.8 Å². The molecule has 0 aliphatic carbocycles. The summed E-state index contributed by atoms with van der Waals surface area (Å²) in [7, 11) is 0. The Labute approximate surface area is 144 Å². The molecular weight excluding hydrogens is 326 g/mol. The number of aryl methyl sites for hydroxylation is 1. The van der Waals surface area contributed by atoms with Gasteiger partial charge < -0.3 is 5.32 Å². The highest BCUT2D eigenvalue weighted by Crippen LogP contribution is 2.29. The molecule has 0 aliphatic heterocycles. The van der Waals surface area contributed by atoms with E-state index in [4.69, 9.17) is 11.6 Å². The molecule has 0 saturated heterocycles. The molecule has 0 spiro atoms. The van der Waals surface area contributed by atoms with Gasteiger partial charge in [0.1, 0.15) is 22.6 Å². The van der Waals surface area contributed by atoms with Crippen molar-refractivity contribution in [3.63, 3.8) is 0 Å². The van der Waals surface area contributed by atoms with Gasteiger partial charge in [-0.2, -0.15) is 0 Å². The van der Waals surface area contributed by atoms with Gasteiger partial charge in [0.2, 0.25) is 0 Å². The molecule has 0 radical (unpaired) electrons. The largest absolute Gasteiger partial charge is 0.325 e. The second-order valence-electron chi connectivity index (χ2n) is 5.16. The number of hydrogen-bond donors (Lipinski definition) is 1. The molecule has 3 rings (SSSR count). The minimum atomic E-state index is 0.204. The Balaban J connectivity index is 1.98. The second kappa shape index (κ2) is 6.72. The maximum atomic E-state index is 11.2. The molecule has 0 aromatic carbocycles. The molecule has 0 fully saturated rings. The Morgan fingerprint density at radius 2 is 1.88 bits per heavy atom. The molecule has 0 saturated carbocycles. The summed E-state index contributed by atoms with van der Waals surface area (Å²) >= 11 is 5.96. The monoisotopic (exact) mass is 339 g/mol. The Hall–Kier alpha value is -2.86. The van der Waals surface area contributed by atoms with E-state index in [9.17, 15) is 4.79 Å². The number of rotatable bonds is 4. The van der Waals surface area contributed by atoms with Gasteiger partial charge in [-0.25, -0.2) is 19.9 Å². The molecule has 0 bridgehead atoms. The van der Waals surface area contributed by atoms with Crippen LogP contribution in [0.4, 0.5) is 11.6 Å². The van der Waals surface area contributed by atoms with Crippen LogP contribution in [0.25, 0.3) is 11.1 Å². The highest BCUT2D eigenvalue weighted by atomic mass is 35.5. The first-order chi connectivity index (χ1) is 11.6. The first-order valence-electron chi connectivity index (χ1n) is 7.22. The van der Waals surface area contributed by atoms with E-state index in [1.54, 1.807) is 24.7 Å². The molecule has 0 amide bonds. The van der Waals surface area contributed by atoms with Crippen molar-refractivity contribution >= 4 is 29.5 Å². The van der Waals surface area contributed by atoms with Gasteiger partial charge in [0.15, 0.2) is 6.29 Å². The first-order valence-corrected chi connectivity index (χ1v) is 7.59. The molecule has 7 heteroatoms. The number of carbonyl (C=O) groups is 1. The van der Waals surface area contributed by atoms with Crippen molar-refractivity contribution in [3.8, 4) is 11.1 Å². The van der Waals surface area contributed by atoms with Crippen LogP contribution in [0.2, 0.25) is 5.15 Å². The molecule has 3 heterocycles. The quantitative estimate of drug-likeness (QED) is 0.575. The van der Waals surface area contributed by atoms with Crippen LogP contribution in [0.3, 0.4) is 0 Å². The van der Waals surface area contributed by atoms with Crippen LogP contribution < -0.4 is 5.32 Å². The van der Waals surface area contributed by atoms with Crippen molar-refractivity contribution in [2.75, 3.05) is 5.32 Å². The Kier molecular flexibility index (Phi) is 4.48. The van der Waals surface area contributed by atoms with Gasteiger partial charge >= 0.3 is 0 Å². The maximum Gasteiger partial charge on any atom is 0.153 e. The number of nitrogens with zero attached hydrogens (tertiary/aromatic N) is 4. The SMILES string of the molecule is Cc1nccc(Nc2cc(-c3cnc(Cl)c(C=O)c3C)ccn2)n1. The van der Waals surface area contributed by atoms with Crippen molar-refractivity contribution in [1.82, 2.24) is 19.9 Å². The molecule has 0 aliphatic rings. The van der Waals surface area contributed by atoms with Crippen LogP contribution in [0.15, 0.2) is 36.8 Å². The zero-order valence-corrected chi connectivity index (χ0v) is 13.9. The lowest BCUT2D eigenvalue weighted by Gasteiger charge is -2.11. The number of nitrogens with one attached hydrogen (secondary N) is 1. The van der Waals surface area contributed by atoms with Crippen LogP contribution in [-0.4, -0.2) is 26.2 Å². The van der Waals surface area contributed by atoms with Gasteiger partial charge in [0.25, 0.3) is 0 Å². The summed E-state index contributed by atoms with van der Waals surface area (Å²) in [5.41, 5.74) is 2.88. The van der Waals surface area contributed by atoms with Gasteiger partial charge in [0, 0.05) is 24.2 Å². The van der Waals surface area contributed by atoms with Gasteiger partial charge in [-0.3, -0.25) is 4.79 Å². The van der Waals surface area contributed by atoms with Crippen LogP contribution in [-0.2, 0) is 0 Å². The van der Waals surface area contributed by atoms with Gasteiger partial charge in [-0.05, 0) is 43.2 Å². The third-order valence-electron chi connectivity index (χ3n) is 3.56. The first kappa shape index (κ1) is 16.0. The molecule has 3 aromatic heterocycles. The lowest BCUT2D eigenvalue weighted by Crippen LogP contribution is -1.99. The highest BCUT2D eigenvalue weighted by molar-refractivity contribution is 6.32. The van der Waals surface area contributed by atoms with E-state index < -0.39 is 0 Å². The van der Waals surface area contributed by atoms with Crippen LogP contribution >= 0.6 is 11.6 Å². The summed E-state index contributed by atoms with van der Waals surface area (Å²) < 4.78 is 0. The Morgan fingerprint density at radius 1 is 1.08 bits per heavy atom. The number of carbonyl (C=O) groups excluding carboxylic acids is 1. The Bertz CT molecular complexity index is 913. The molecule has 6 nitrogen and oxygen atoms in total. The maximum absolute atomic E-state index is 11.2. The summed E-state index contributed by atoms with van der Waals surface area (Å²) in [5.74, 6) is 1.96. The minimum Gasteiger partial charge on any atom is -0.325 e. The summed E-state index contributed by atoms with van der Waals surface area (Å²) in [4.78, 5) is 27.9. The van der Waals surface area contributed by atoms with Gasteiger partial charge in [0.05, 0.1) is 5.56 Å². The molecule has 0 unspecified atom stereocenters. The van der Waals surface area contributed by atoms with E-state index in [1.165, 1.54) is 0 Å². The number of hydrogen-bond acceptors (Lipinski definition) is 6. The number of anilines is 2. The lowest BCUT2D eigenvalue weighted by atomic mass is 10.0. The topological polar surface area (TPSA) is 80.7 Å². The average Bonchev–Trinajstić information content (AvgIpc) is 2.55. The number of halogens is 1. The zero-order valence-electron chi connectivity index (χ0n) is 13.1. The molecule has 3 aromatic rings. The van der Waals surface area contributed by atoms with E-state index in [-0.39, 0.29) is 5.15 Å². The Morgan fingerprint density at radius 3 is 2.62 bits per heavy atom. The van der Waals surface area contributed by atoms with E-state index in [0.717, 1.165) is 23.0 Å². The van der Waals surface area contributed by atoms with Crippen LogP contribution in [0.5, 0.6) is 0 Å². The van der Waals surface area contributed by atoms with Crippen molar-refractivity contribution < 1.29 is 4.79 Å². The summed E-state index contributed by atoms with van der Waals surface area (Å²) in [6, 6.07) is 5.48. The third kappa shape index (κ3) is 3.23. The zero-order chi connectivity index (χ0) is 17.1. The van der Waals surface area contributed by atoms with E-state index >= 15 is 0 Å². The highest BCUT2D eigenvalue weighted by Gasteiger charge is 2.11. The predicted molar refractivity (Wildman–Crippen MR) is 92.7 cm³/mol. The van der Waals surface area contributed by atoms with Crippen molar-refractivity contribution in [3.05, 3.63) is 58.9 Å². The third-order valence-corrected chi connectivity index (χ3v) is 3.86. The molecule has 0 atom stereocenters. The molecule has 1 N–H and O–H groups in total. The number of aromatic nitrogens is 4. The second-order valence-corrected chi connectivity index (χ2v) is 5.52. The van der Waals surface area contributed by atoms with Crippen molar-refractivity contribution in [2.24, 2.45) is 0 Å². The normalized spacial score (nSPS) is 10.5. The van der Waals surface area contributed by atoms with Crippen LogP contribution in [0.1, 0.15) is 21.7 Å². The fraction of sp³-hybridized carbons (Fsp3) is 0.118. The fourth-order valence-corrected chi connectivity index (χ4v) is 2.57. The summed E-state index contributed by atoms with van der Waals surface area (Å²) in [6.45, 7) is 3.66. The summed E-state index contributed by atoms with van der Waals surface area (Å²) in [6.07, 6.45) is 5.73. The molecule has 24 heavy (non-hydrogen) atoms. The lowest BCUT2D eigenvalue weighted by molar-refractivity contribution is 0.112. The number of aldehydes is 1. The van der Waals surface area contributed by atoms with Crippen molar-refractivity contribution in [1.29, 1.82) is 0 Å². The van der Waals surface area contributed by atoms with E-state index in [0.29, 0.717) is 23.0 Å². The minimum absolute atomic E-state index is 0.204. The van der Waals surface area contributed by atoms with E-state index in [1.807, 2.05) is 26.0 Å². The molecular formula is C17H14ClN5O. The molecule has 120 valence electrons. The predicted octanol–water partition coefficient (Wildman–Crippen LogP) is 3.76. The number of pyridine rings is 2. The fourth-order valence-electron chi connectivity index (χ4n) is 2.34. The summed E-state index contributed by atoms with van der Waals surface area (Å²) in [5, 5.41) is 3.34. The van der Waals surface area contributed by atoms with Gasteiger partial charge in [-0.15, -0.1) is 0 Å². The average molecular weight is 340 g/mol. The smallest absolute Gasteiger partial charge is 0.153 e.